The molecule has 0 aliphatic carbocycles. The van der Waals surface area contributed by atoms with Crippen molar-refractivity contribution in [2.24, 2.45) is 11.0 Å². The first-order chi connectivity index (χ1) is 9.11. The average Bonchev–Trinajstić information content (AvgIpc) is 2.40. The Hall–Kier alpha value is -2.04. The molecule has 0 fully saturated rings. The van der Waals surface area contributed by atoms with Crippen LogP contribution in [0.2, 0.25) is 0 Å². The lowest BCUT2D eigenvalue weighted by atomic mass is 10.1. The van der Waals surface area contributed by atoms with Gasteiger partial charge in [-0.25, -0.2) is 10.2 Å². The van der Waals surface area contributed by atoms with Crippen molar-refractivity contribution in [3.63, 3.8) is 0 Å². The molecular formula is C14H20N2O3. The molecule has 0 aliphatic rings. The van der Waals surface area contributed by atoms with Gasteiger partial charge >= 0.3 is 6.09 Å². The smallest absolute Gasteiger partial charge is 0.427 e. The summed E-state index contributed by atoms with van der Waals surface area (Å²) in [7, 11) is 1.29. The van der Waals surface area contributed by atoms with Crippen LogP contribution in [-0.2, 0) is 4.74 Å². The second-order valence-electron chi connectivity index (χ2n) is 4.46. The van der Waals surface area contributed by atoms with E-state index in [1.165, 1.54) is 13.3 Å². The van der Waals surface area contributed by atoms with Gasteiger partial charge in [-0.1, -0.05) is 13.8 Å². The van der Waals surface area contributed by atoms with Gasteiger partial charge in [0.05, 0.1) is 19.9 Å². The molecule has 19 heavy (non-hydrogen) atoms. The van der Waals surface area contributed by atoms with Gasteiger partial charge in [-0.2, -0.15) is 5.10 Å². The van der Waals surface area contributed by atoms with Crippen LogP contribution in [0.3, 0.4) is 0 Å². The molecule has 5 nitrogen and oxygen atoms in total. The third-order valence-electron chi connectivity index (χ3n) is 2.40. The summed E-state index contributed by atoms with van der Waals surface area (Å²) in [6.07, 6.45) is 1.98. The third-order valence-corrected chi connectivity index (χ3v) is 2.40. The monoisotopic (exact) mass is 264 g/mol. The first-order valence-corrected chi connectivity index (χ1v) is 6.21. The first kappa shape index (κ1) is 15.0. The molecule has 1 rings (SSSR count). The second kappa shape index (κ2) is 8.13. The maximum atomic E-state index is 10.8. The van der Waals surface area contributed by atoms with Gasteiger partial charge in [0, 0.05) is 0 Å². The lowest BCUT2D eigenvalue weighted by molar-refractivity contribution is 0.171. The zero-order valence-electron chi connectivity index (χ0n) is 11.6. The molecule has 0 aliphatic heterocycles. The number of nitrogens with zero attached hydrogens (tertiary/aromatic N) is 1. The number of ether oxygens (including phenoxy) is 2. The standard InChI is InChI=1S/C14H20N2O3/c1-11(2)8-9-19-13-6-4-12(5-7-13)10-15-16-14(17)18-3/h4-7,10-11H,8-9H2,1-3H3,(H,16,17). The maximum absolute atomic E-state index is 10.8. The minimum Gasteiger partial charge on any atom is -0.494 e. The summed E-state index contributed by atoms with van der Waals surface area (Å²) >= 11 is 0. The highest BCUT2D eigenvalue weighted by Crippen LogP contribution is 2.12. The zero-order chi connectivity index (χ0) is 14.1. The highest BCUT2D eigenvalue weighted by molar-refractivity contribution is 5.80. The SMILES string of the molecule is COC(=O)NN=Cc1ccc(OCCC(C)C)cc1. The molecule has 0 bridgehead atoms. The van der Waals surface area contributed by atoms with Crippen LogP contribution in [0.1, 0.15) is 25.8 Å². The third kappa shape index (κ3) is 6.45. The number of nitrogens with one attached hydrogen (secondary N) is 1. The fourth-order valence-corrected chi connectivity index (χ4v) is 1.27. The Morgan fingerprint density at radius 2 is 2.05 bits per heavy atom. The normalized spacial score (nSPS) is 10.7. The van der Waals surface area contributed by atoms with Gasteiger partial charge in [-0.3, -0.25) is 0 Å². The number of carbonyl (C=O) groups is 1. The van der Waals surface area contributed by atoms with Crippen LogP contribution in [0.4, 0.5) is 4.79 Å². The number of benzene rings is 1. The molecule has 1 aromatic rings. The molecule has 5 heteroatoms. The molecule has 0 saturated carbocycles. The summed E-state index contributed by atoms with van der Waals surface area (Å²) in [6.45, 7) is 5.05. The van der Waals surface area contributed by atoms with Crippen LogP contribution >= 0.6 is 0 Å². The number of hydrogen-bond donors (Lipinski definition) is 1. The fourth-order valence-electron chi connectivity index (χ4n) is 1.27. The summed E-state index contributed by atoms with van der Waals surface area (Å²) in [5, 5.41) is 3.74. The van der Waals surface area contributed by atoms with E-state index in [2.05, 4.69) is 29.1 Å². The van der Waals surface area contributed by atoms with Gasteiger partial charge in [0.2, 0.25) is 0 Å². The number of hydrogen-bond acceptors (Lipinski definition) is 4. The molecule has 0 aromatic heterocycles. The Morgan fingerprint density at radius 3 is 2.63 bits per heavy atom. The van der Waals surface area contributed by atoms with E-state index >= 15 is 0 Å². The van der Waals surface area contributed by atoms with Gasteiger partial charge in [0.15, 0.2) is 0 Å². The van der Waals surface area contributed by atoms with Crippen molar-refractivity contribution in [3.8, 4) is 5.75 Å². The maximum Gasteiger partial charge on any atom is 0.427 e. The van der Waals surface area contributed by atoms with Crippen molar-refractivity contribution in [1.82, 2.24) is 5.43 Å². The molecule has 1 N–H and O–H groups in total. The van der Waals surface area contributed by atoms with Gasteiger partial charge in [-0.15, -0.1) is 0 Å². The quantitative estimate of drug-likeness (QED) is 0.635. The van der Waals surface area contributed by atoms with Crippen LogP contribution < -0.4 is 10.2 Å². The van der Waals surface area contributed by atoms with Crippen molar-refractivity contribution in [2.75, 3.05) is 13.7 Å². The number of rotatable bonds is 6. The molecule has 1 amide bonds. The van der Waals surface area contributed by atoms with Crippen molar-refractivity contribution >= 4 is 12.3 Å². The molecule has 1 aromatic carbocycles. The lowest BCUT2D eigenvalue weighted by Gasteiger charge is -2.07. The molecule has 0 unspecified atom stereocenters. The van der Waals surface area contributed by atoms with E-state index in [0.29, 0.717) is 5.92 Å². The van der Waals surface area contributed by atoms with Crippen LogP contribution in [0.15, 0.2) is 29.4 Å². The molecular weight excluding hydrogens is 244 g/mol. The second-order valence-corrected chi connectivity index (χ2v) is 4.46. The predicted molar refractivity (Wildman–Crippen MR) is 74.5 cm³/mol. The average molecular weight is 264 g/mol. The van der Waals surface area contributed by atoms with Crippen LogP contribution in [0, 0.1) is 5.92 Å². The Bertz CT molecular complexity index is 413. The molecule has 0 radical (unpaired) electrons. The largest absolute Gasteiger partial charge is 0.494 e. The van der Waals surface area contributed by atoms with E-state index < -0.39 is 6.09 Å². The topological polar surface area (TPSA) is 59.9 Å². The molecule has 0 saturated heterocycles. The Balaban J connectivity index is 2.41. The van der Waals surface area contributed by atoms with E-state index in [4.69, 9.17) is 4.74 Å². The van der Waals surface area contributed by atoms with E-state index in [0.717, 1.165) is 24.3 Å². The summed E-state index contributed by atoms with van der Waals surface area (Å²) < 4.78 is 9.98. The molecule has 104 valence electrons. The van der Waals surface area contributed by atoms with Crippen LogP contribution in [0.5, 0.6) is 5.75 Å². The Morgan fingerprint density at radius 1 is 1.37 bits per heavy atom. The van der Waals surface area contributed by atoms with Gasteiger partial charge < -0.3 is 9.47 Å². The molecule has 0 spiro atoms. The lowest BCUT2D eigenvalue weighted by Crippen LogP contribution is -2.16. The summed E-state index contributed by atoms with van der Waals surface area (Å²) in [5.74, 6) is 1.47. The van der Waals surface area contributed by atoms with Crippen LogP contribution in [-0.4, -0.2) is 26.0 Å². The van der Waals surface area contributed by atoms with Crippen molar-refractivity contribution in [1.29, 1.82) is 0 Å². The number of hydrazone groups is 1. The molecule has 0 heterocycles. The highest BCUT2D eigenvalue weighted by Gasteiger charge is 1.97. The van der Waals surface area contributed by atoms with Crippen molar-refractivity contribution in [2.45, 2.75) is 20.3 Å². The van der Waals surface area contributed by atoms with E-state index in [9.17, 15) is 4.79 Å². The van der Waals surface area contributed by atoms with Gasteiger partial charge in [0.25, 0.3) is 0 Å². The predicted octanol–water partition coefficient (Wildman–Crippen LogP) is 2.80. The summed E-state index contributed by atoms with van der Waals surface area (Å²) in [4.78, 5) is 10.8. The van der Waals surface area contributed by atoms with Gasteiger partial charge in [0.1, 0.15) is 5.75 Å². The number of carbonyl (C=O) groups excluding carboxylic acids is 1. The fraction of sp³-hybridized carbons (Fsp3) is 0.429. The number of amides is 1. The van der Waals surface area contributed by atoms with E-state index in [1.54, 1.807) is 0 Å². The van der Waals surface area contributed by atoms with E-state index in [-0.39, 0.29) is 0 Å². The van der Waals surface area contributed by atoms with Crippen molar-refractivity contribution < 1.29 is 14.3 Å². The van der Waals surface area contributed by atoms with Crippen LogP contribution in [0.25, 0.3) is 0 Å². The van der Waals surface area contributed by atoms with Gasteiger partial charge in [-0.05, 0) is 42.2 Å². The first-order valence-electron chi connectivity index (χ1n) is 6.21. The number of methoxy groups -OCH3 is 1. The van der Waals surface area contributed by atoms with E-state index in [1.807, 2.05) is 24.3 Å². The minimum atomic E-state index is -0.593. The Labute approximate surface area is 113 Å². The Kier molecular flexibility index (Phi) is 6.43. The van der Waals surface area contributed by atoms with Crippen molar-refractivity contribution in [3.05, 3.63) is 29.8 Å². The summed E-state index contributed by atoms with van der Waals surface area (Å²) in [6, 6.07) is 7.49. The zero-order valence-corrected chi connectivity index (χ0v) is 11.6. The molecule has 0 atom stereocenters. The highest BCUT2D eigenvalue weighted by atomic mass is 16.5. The minimum absolute atomic E-state index is 0.593. The summed E-state index contributed by atoms with van der Waals surface area (Å²) in [5.41, 5.74) is 3.09.